The zero-order valence-electron chi connectivity index (χ0n) is 6.23. The van der Waals surface area contributed by atoms with E-state index in [1.165, 1.54) is 12.1 Å². The maximum atomic E-state index is 10.7. The van der Waals surface area contributed by atoms with Crippen molar-refractivity contribution in [1.82, 2.24) is 0 Å². The van der Waals surface area contributed by atoms with Gasteiger partial charge in [-0.25, -0.2) is 9.00 Å². The summed E-state index contributed by atoms with van der Waals surface area (Å²) >= 11 is 0.857. The third kappa shape index (κ3) is 2.36. The van der Waals surface area contributed by atoms with E-state index in [4.69, 9.17) is 9.66 Å². The van der Waals surface area contributed by atoms with Gasteiger partial charge < -0.3 is 9.66 Å². The van der Waals surface area contributed by atoms with Gasteiger partial charge in [0.1, 0.15) is 0 Å². The SMILES string of the molecule is O=C(O)c1ccc(Br)c(S(=O)O)c1. The summed E-state index contributed by atoms with van der Waals surface area (Å²) < 4.78 is 19.9. The van der Waals surface area contributed by atoms with E-state index in [1.807, 2.05) is 0 Å². The van der Waals surface area contributed by atoms with Crippen molar-refractivity contribution in [2.75, 3.05) is 0 Å². The number of hydrogen-bond acceptors (Lipinski definition) is 2. The van der Waals surface area contributed by atoms with Crippen LogP contribution < -0.4 is 0 Å². The molecule has 70 valence electrons. The Balaban J connectivity index is 3.27. The molecular formula is C7H5BrO4S. The Bertz CT molecular complexity index is 377. The van der Waals surface area contributed by atoms with E-state index < -0.39 is 17.0 Å². The highest BCUT2D eigenvalue weighted by atomic mass is 79.9. The minimum absolute atomic E-state index is 0.0133. The van der Waals surface area contributed by atoms with Gasteiger partial charge in [-0.05, 0) is 34.1 Å². The molecule has 0 saturated heterocycles. The molecule has 1 rings (SSSR count). The molecule has 0 saturated carbocycles. The maximum Gasteiger partial charge on any atom is 0.335 e. The lowest BCUT2D eigenvalue weighted by molar-refractivity contribution is 0.0696. The smallest absolute Gasteiger partial charge is 0.335 e. The molecule has 1 aromatic carbocycles. The van der Waals surface area contributed by atoms with Crippen LogP contribution >= 0.6 is 15.9 Å². The first-order valence-corrected chi connectivity index (χ1v) is 5.06. The van der Waals surface area contributed by atoms with Crippen LogP contribution in [0.4, 0.5) is 0 Å². The summed E-state index contributed by atoms with van der Waals surface area (Å²) in [5.74, 6) is -1.13. The van der Waals surface area contributed by atoms with Crippen LogP contribution in [0, 0.1) is 0 Å². The highest BCUT2D eigenvalue weighted by Crippen LogP contribution is 2.20. The lowest BCUT2D eigenvalue weighted by atomic mass is 10.2. The van der Waals surface area contributed by atoms with Gasteiger partial charge in [-0.2, -0.15) is 0 Å². The Morgan fingerprint density at radius 1 is 1.46 bits per heavy atom. The molecule has 0 aliphatic carbocycles. The highest BCUT2D eigenvalue weighted by Gasteiger charge is 2.10. The second-order valence-electron chi connectivity index (χ2n) is 2.20. The van der Waals surface area contributed by atoms with Gasteiger partial charge >= 0.3 is 5.97 Å². The second-order valence-corrected chi connectivity index (χ2v) is 3.99. The molecule has 13 heavy (non-hydrogen) atoms. The predicted molar refractivity (Wildman–Crippen MR) is 50.1 cm³/mol. The molecule has 0 spiro atoms. The Morgan fingerprint density at radius 2 is 2.08 bits per heavy atom. The van der Waals surface area contributed by atoms with E-state index >= 15 is 0 Å². The Kier molecular flexibility index (Phi) is 3.18. The lowest BCUT2D eigenvalue weighted by Gasteiger charge is -2.00. The quantitative estimate of drug-likeness (QED) is 0.798. The van der Waals surface area contributed by atoms with Crippen LogP contribution in [0.15, 0.2) is 27.6 Å². The van der Waals surface area contributed by atoms with Crippen LogP contribution in [-0.2, 0) is 11.1 Å². The van der Waals surface area contributed by atoms with E-state index in [0.29, 0.717) is 4.47 Å². The number of aromatic carboxylic acids is 1. The van der Waals surface area contributed by atoms with Crippen molar-refractivity contribution < 1.29 is 18.7 Å². The van der Waals surface area contributed by atoms with Crippen molar-refractivity contribution in [3.8, 4) is 0 Å². The van der Waals surface area contributed by atoms with Crippen molar-refractivity contribution in [2.45, 2.75) is 4.90 Å². The van der Waals surface area contributed by atoms with E-state index in [1.54, 1.807) is 0 Å². The standard InChI is InChI=1S/C7H5BrO4S/c8-5-2-1-4(7(9)10)3-6(5)13(11)12/h1-3H,(H,9,10)(H,11,12). The van der Waals surface area contributed by atoms with Crippen LogP contribution in [0.25, 0.3) is 0 Å². The summed E-state index contributed by atoms with van der Waals surface area (Å²) in [6.07, 6.45) is 0. The lowest BCUT2D eigenvalue weighted by Crippen LogP contribution is -1.99. The normalized spacial score (nSPS) is 12.5. The van der Waals surface area contributed by atoms with Crippen molar-refractivity contribution in [1.29, 1.82) is 0 Å². The summed E-state index contributed by atoms with van der Waals surface area (Å²) in [6, 6.07) is 3.93. The summed E-state index contributed by atoms with van der Waals surface area (Å²) in [5.41, 5.74) is -0.0133. The molecular weight excluding hydrogens is 260 g/mol. The van der Waals surface area contributed by atoms with Crippen LogP contribution in [0.5, 0.6) is 0 Å². The van der Waals surface area contributed by atoms with Gasteiger partial charge in [0, 0.05) is 4.47 Å². The number of carboxylic acids is 1. The molecule has 0 bridgehead atoms. The number of carbonyl (C=O) groups is 1. The van der Waals surface area contributed by atoms with Crippen LogP contribution in [0.3, 0.4) is 0 Å². The van der Waals surface area contributed by atoms with E-state index in [2.05, 4.69) is 15.9 Å². The third-order valence-electron chi connectivity index (χ3n) is 1.37. The van der Waals surface area contributed by atoms with Crippen molar-refractivity contribution in [2.24, 2.45) is 0 Å². The molecule has 0 aromatic heterocycles. The van der Waals surface area contributed by atoms with Gasteiger partial charge in [0.05, 0.1) is 10.5 Å². The largest absolute Gasteiger partial charge is 0.478 e. The topological polar surface area (TPSA) is 74.6 Å². The highest BCUT2D eigenvalue weighted by molar-refractivity contribution is 9.10. The predicted octanol–water partition coefficient (Wildman–Crippen LogP) is 1.73. The number of rotatable bonds is 2. The molecule has 1 aromatic rings. The molecule has 4 nitrogen and oxygen atoms in total. The van der Waals surface area contributed by atoms with Crippen LogP contribution in [0.2, 0.25) is 0 Å². The Labute approximate surface area is 85.0 Å². The first-order valence-electron chi connectivity index (χ1n) is 3.16. The summed E-state index contributed by atoms with van der Waals surface area (Å²) in [4.78, 5) is 10.5. The zero-order valence-corrected chi connectivity index (χ0v) is 8.63. The van der Waals surface area contributed by atoms with Gasteiger partial charge in [-0.3, -0.25) is 0 Å². The third-order valence-corrected chi connectivity index (χ3v) is 3.03. The first-order chi connectivity index (χ1) is 6.02. The van der Waals surface area contributed by atoms with Gasteiger partial charge in [-0.15, -0.1) is 0 Å². The molecule has 0 radical (unpaired) electrons. The van der Waals surface area contributed by atoms with Gasteiger partial charge in [0.2, 0.25) is 0 Å². The first kappa shape index (κ1) is 10.4. The number of benzene rings is 1. The summed E-state index contributed by atoms with van der Waals surface area (Å²) in [7, 11) is 0. The fourth-order valence-electron chi connectivity index (χ4n) is 0.770. The van der Waals surface area contributed by atoms with Gasteiger partial charge in [0.25, 0.3) is 0 Å². The van der Waals surface area contributed by atoms with E-state index in [-0.39, 0.29) is 10.5 Å². The molecule has 1 unspecified atom stereocenters. The minimum atomic E-state index is -2.18. The molecule has 0 fully saturated rings. The zero-order chi connectivity index (χ0) is 10.0. The van der Waals surface area contributed by atoms with Crippen LogP contribution in [-0.4, -0.2) is 19.8 Å². The van der Waals surface area contributed by atoms with Crippen molar-refractivity contribution in [3.63, 3.8) is 0 Å². The van der Waals surface area contributed by atoms with Gasteiger partial charge in [0.15, 0.2) is 11.1 Å². The molecule has 2 N–H and O–H groups in total. The second kappa shape index (κ2) is 3.99. The number of halogens is 1. The van der Waals surface area contributed by atoms with Crippen LogP contribution in [0.1, 0.15) is 10.4 Å². The monoisotopic (exact) mass is 264 g/mol. The fraction of sp³-hybridized carbons (Fsp3) is 0. The Morgan fingerprint density at radius 3 is 2.54 bits per heavy atom. The van der Waals surface area contributed by atoms with Crippen molar-refractivity contribution in [3.05, 3.63) is 28.2 Å². The molecule has 0 aliphatic rings. The molecule has 0 heterocycles. The Hall–Kier alpha value is -0.720. The fourth-order valence-corrected chi connectivity index (χ4v) is 1.89. The molecule has 0 amide bonds. The average molecular weight is 265 g/mol. The summed E-state index contributed by atoms with van der Waals surface area (Å²) in [6.45, 7) is 0. The van der Waals surface area contributed by atoms with E-state index in [0.717, 1.165) is 6.07 Å². The maximum absolute atomic E-state index is 10.7. The molecule has 1 atom stereocenters. The average Bonchev–Trinajstić information content (AvgIpc) is 2.04. The van der Waals surface area contributed by atoms with E-state index in [9.17, 15) is 9.00 Å². The molecule has 0 aliphatic heterocycles. The van der Waals surface area contributed by atoms with Gasteiger partial charge in [-0.1, -0.05) is 0 Å². The minimum Gasteiger partial charge on any atom is -0.478 e. The summed E-state index contributed by atoms with van der Waals surface area (Å²) in [5, 5.41) is 8.59. The number of hydrogen-bond donors (Lipinski definition) is 2. The molecule has 6 heteroatoms. The number of carboxylic acid groups (broad SMARTS) is 1. The van der Waals surface area contributed by atoms with Crippen molar-refractivity contribution >= 4 is 33.0 Å².